The van der Waals surface area contributed by atoms with Crippen LogP contribution in [0, 0.1) is 12.7 Å². The van der Waals surface area contributed by atoms with Crippen LogP contribution in [0.2, 0.25) is 0 Å². The fourth-order valence-corrected chi connectivity index (χ4v) is 2.75. The van der Waals surface area contributed by atoms with Crippen LogP contribution in [0.5, 0.6) is 0 Å². The second kappa shape index (κ2) is 7.48. The Morgan fingerprint density at radius 3 is 2.64 bits per heavy atom. The fraction of sp³-hybridized carbons (Fsp3) is 0.0952. The minimum absolute atomic E-state index is 0.00638. The molecule has 0 aliphatic heterocycles. The van der Waals surface area contributed by atoms with Crippen LogP contribution in [-0.2, 0) is 6.54 Å². The Hall–Kier alpha value is -3.74. The van der Waals surface area contributed by atoms with Crippen molar-refractivity contribution in [3.63, 3.8) is 0 Å². The number of rotatable bonds is 5. The van der Waals surface area contributed by atoms with Gasteiger partial charge >= 0.3 is 0 Å². The lowest BCUT2D eigenvalue weighted by Crippen LogP contribution is -2.24. The molecule has 0 fully saturated rings. The number of nitrogens with zero attached hydrogens (tertiary/aromatic N) is 3. The second-order valence-corrected chi connectivity index (χ2v) is 6.29. The summed E-state index contributed by atoms with van der Waals surface area (Å²) in [6, 6.07) is 15.7. The molecule has 0 spiro atoms. The van der Waals surface area contributed by atoms with E-state index in [0.29, 0.717) is 17.0 Å². The van der Waals surface area contributed by atoms with Crippen LogP contribution in [0.3, 0.4) is 0 Å². The summed E-state index contributed by atoms with van der Waals surface area (Å²) in [4.78, 5) is 16.9. The zero-order chi connectivity index (χ0) is 19.5. The third-order valence-corrected chi connectivity index (χ3v) is 4.27. The van der Waals surface area contributed by atoms with Crippen molar-refractivity contribution in [3.05, 3.63) is 89.9 Å². The number of amides is 1. The van der Waals surface area contributed by atoms with Gasteiger partial charge in [0.15, 0.2) is 5.82 Å². The molecule has 0 aliphatic rings. The van der Waals surface area contributed by atoms with Crippen molar-refractivity contribution in [2.45, 2.75) is 13.5 Å². The molecule has 2 aromatic heterocycles. The number of aromatic nitrogens is 3. The average molecular weight is 376 g/mol. The number of nitrogens with one attached hydrogen (secondary N) is 1. The third kappa shape index (κ3) is 3.55. The van der Waals surface area contributed by atoms with Crippen LogP contribution in [0.25, 0.3) is 17.1 Å². The first kappa shape index (κ1) is 17.7. The van der Waals surface area contributed by atoms with Crippen LogP contribution < -0.4 is 5.32 Å². The highest BCUT2D eigenvalue weighted by molar-refractivity contribution is 5.91. The van der Waals surface area contributed by atoms with Gasteiger partial charge in [-0.15, -0.1) is 5.10 Å². The lowest BCUT2D eigenvalue weighted by atomic mass is 10.2. The van der Waals surface area contributed by atoms with E-state index in [9.17, 15) is 9.18 Å². The summed E-state index contributed by atoms with van der Waals surface area (Å²) in [6.07, 6.45) is 3.07. The summed E-state index contributed by atoms with van der Waals surface area (Å²) in [6.45, 7) is 2.04. The first-order valence-electron chi connectivity index (χ1n) is 8.70. The predicted octanol–water partition coefficient (Wildman–Crippen LogP) is 3.90. The van der Waals surface area contributed by atoms with E-state index in [1.54, 1.807) is 28.9 Å². The van der Waals surface area contributed by atoms with E-state index >= 15 is 0 Å². The van der Waals surface area contributed by atoms with Gasteiger partial charge in [-0.05, 0) is 31.2 Å². The first-order chi connectivity index (χ1) is 13.6. The highest BCUT2D eigenvalue weighted by Crippen LogP contribution is 2.22. The monoisotopic (exact) mass is 376 g/mol. The largest absolute Gasteiger partial charge is 0.472 e. The molecule has 0 unspecified atom stereocenters. The summed E-state index contributed by atoms with van der Waals surface area (Å²) in [5, 5.41) is 7.02. The van der Waals surface area contributed by atoms with Gasteiger partial charge in [0.2, 0.25) is 5.82 Å². The zero-order valence-electron chi connectivity index (χ0n) is 15.1. The zero-order valence-corrected chi connectivity index (χ0v) is 15.1. The molecule has 1 amide bonds. The molecule has 0 radical (unpaired) electrons. The second-order valence-electron chi connectivity index (χ2n) is 6.29. The predicted molar refractivity (Wildman–Crippen MR) is 101 cm³/mol. The van der Waals surface area contributed by atoms with Crippen molar-refractivity contribution in [3.8, 4) is 17.1 Å². The van der Waals surface area contributed by atoms with Gasteiger partial charge in [0, 0.05) is 12.1 Å². The summed E-state index contributed by atoms with van der Waals surface area (Å²) in [5.74, 6) is -0.388. The number of carbonyl (C=O) groups is 1. The third-order valence-electron chi connectivity index (χ3n) is 4.27. The quantitative estimate of drug-likeness (QED) is 0.573. The SMILES string of the molecule is Cc1ccc(-n2nc(C(=O)NCc3ccccc3F)nc2-c2ccoc2)cc1. The number of halogens is 1. The molecule has 140 valence electrons. The van der Waals surface area contributed by atoms with Gasteiger partial charge in [-0.25, -0.2) is 14.1 Å². The van der Waals surface area contributed by atoms with Crippen molar-refractivity contribution < 1.29 is 13.6 Å². The van der Waals surface area contributed by atoms with Crippen LogP contribution in [-0.4, -0.2) is 20.7 Å². The first-order valence-corrected chi connectivity index (χ1v) is 8.70. The van der Waals surface area contributed by atoms with Crippen molar-refractivity contribution in [1.82, 2.24) is 20.1 Å². The smallest absolute Gasteiger partial charge is 0.291 e. The van der Waals surface area contributed by atoms with Gasteiger partial charge in [0.1, 0.15) is 12.1 Å². The maximum atomic E-state index is 13.8. The molecule has 0 bridgehead atoms. The van der Waals surface area contributed by atoms with Crippen molar-refractivity contribution in [1.29, 1.82) is 0 Å². The number of benzene rings is 2. The van der Waals surface area contributed by atoms with Gasteiger partial charge in [-0.3, -0.25) is 4.79 Å². The maximum absolute atomic E-state index is 13.8. The minimum atomic E-state index is -0.487. The van der Waals surface area contributed by atoms with E-state index in [2.05, 4.69) is 15.4 Å². The molecule has 28 heavy (non-hydrogen) atoms. The maximum Gasteiger partial charge on any atom is 0.291 e. The number of furan rings is 1. The molecule has 0 saturated carbocycles. The molecular formula is C21H17FN4O2. The molecule has 1 N–H and O–H groups in total. The molecular weight excluding hydrogens is 359 g/mol. The normalized spacial score (nSPS) is 10.8. The highest BCUT2D eigenvalue weighted by atomic mass is 19.1. The molecule has 7 heteroatoms. The summed E-state index contributed by atoms with van der Waals surface area (Å²) in [5.41, 5.74) is 2.96. The van der Waals surface area contributed by atoms with E-state index < -0.39 is 5.91 Å². The average Bonchev–Trinajstić information content (AvgIpc) is 3.37. The summed E-state index contributed by atoms with van der Waals surface area (Å²) < 4.78 is 20.5. The molecule has 2 aromatic carbocycles. The number of hydrogen-bond acceptors (Lipinski definition) is 4. The molecule has 2 heterocycles. The lowest BCUT2D eigenvalue weighted by Gasteiger charge is -2.05. The Balaban J connectivity index is 1.64. The van der Waals surface area contributed by atoms with Crippen LogP contribution >= 0.6 is 0 Å². The number of aryl methyl sites for hydroxylation is 1. The van der Waals surface area contributed by atoms with E-state index in [1.807, 2.05) is 31.2 Å². The fourth-order valence-electron chi connectivity index (χ4n) is 2.75. The Bertz CT molecular complexity index is 1100. The number of carbonyl (C=O) groups excluding carboxylic acids is 1. The molecule has 4 rings (SSSR count). The standard InChI is InChI=1S/C21H17FN4O2/c1-14-6-8-17(9-7-14)26-20(16-10-11-28-13-16)24-19(25-26)21(27)23-12-15-4-2-3-5-18(15)22/h2-11,13H,12H2,1H3,(H,23,27). The minimum Gasteiger partial charge on any atom is -0.472 e. The van der Waals surface area contributed by atoms with Crippen LogP contribution in [0.1, 0.15) is 21.7 Å². The van der Waals surface area contributed by atoms with Gasteiger partial charge in [-0.1, -0.05) is 35.9 Å². The van der Waals surface area contributed by atoms with Crippen LogP contribution in [0.15, 0.2) is 71.5 Å². The molecule has 6 nitrogen and oxygen atoms in total. The summed E-state index contributed by atoms with van der Waals surface area (Å²) in [7, 11) is 0. The number of hydrogen-bond donors (Lipinski definition) is 1. The van der Waals surface area contributed by atoms with Crippen LogP contribution in [0.4, 0.5) is 4.39 Å². The van der Waals surface area contributed by atoms with Crippen molar-refractivity contribution >= 4 is 5.91 Å². The lowest BCUT2D eigenvalue weighted by molar-refractivity contribution is 0.0940. The molecule has 0 aliphatic carbocycles. The van der Waals surface area contributed by atoms with Gasteiger partial charge in [0.05, 0.1) is 17.5 Å². The van der Waals surface area contributed by atoms with Crippen molar-refractivity contribution in [2.24, 2.45) is 0 Å². The van der Waals surface area contributed by atoms with Gasteiger partial charge < -0.3 is 9.73 Å². The molecule has 4 aromatic rings. The summed E-state index contributed by atoms with van der Waals surface area (Å²) >= 11 is 0. The molecule has 0 saturated heterocycles. The van der Waals surface area contributed by atoms with E-state index in [-0.39, 0.29) is 18.2 Å². The topological polar surface area (TPSA) is 73.0 Å². The Morgan fingerprint density at radius 1 is 1.14 bits per heavy atom. The van der Waals surface area contributed by atoms with E-state index in [4.69, 9.17) is 4.42 Å². The van der Waals surface area contributed by atoms with Gasteiger partial charge in [-0.2, -0.15) is 0 Å². The van der Waals surface area contributed by atoms with E-state index in [0.717, 1.165) is 11.3 Å². The Labute approximate surface area is 160 Å². The Kier molecular flexibility index (Phi) is 4.72. The van der Waals surface area contributed by atoms with Crippen molar-refractivity contribution in [2.75, 3.05) is 0 Å². The molecule has 0 atom stereocenters. The van der Waals surface area contributed by atoms with Gasteiger partial charge in [0.25, 0.3) is 5.91 Å². The Morgan fingerprint density at radius 2 is 1.93 bits per heavy atom. The highest BCUT2D eigenvalue weighted by Gasteiger charge is 2.19. The van der Waals surface area contributed by atoms with E-state index in [1.165, 1.54) is 18.6 Å².